The first kappa shape index (κ1) is 7.12. The van der Waals surface area contributed by atoms with Crippen molar-refractivity contribution < 1.29 is 13.2 Å². The van der Waals surface area contributed by atoms with Gasteiger partial charge in [-0.2, -0.15) is 0 Å². The molecule has 1 rings (SSSR count). The van der Waals surface area contributed by atoms with E-state index in [0.29, 0.717) is 6.07 Å². The zero-order chi connectivity index (χ0) is 7.72. The van der Waals surface area contributed by atoms with Crippen LogP contribution >= 0.6 is 0 Å². The highest BCUT2D eigenvalue weighted by Crippen LogP contribution is 2.11. The largest absolute Gasteiger partial charge is 0.206 e. The minimum absolute atomic E-state index is 0.141. The Balaban J connectivity index is 3.31. The van der Waals surface area contributed by atoms with E-state index < -0.39 is 17.5 Å². The van der Waals surface area contributed by atoms with Gasteiger partial charge in [-0.05, 0) is 12.5 Å². The van der Waals surface area contributed by atoms with Gasteiger partial charge in [0.2, 0.25) is 0 Å². The molecule has 10 heavy (non-hydrogen) atoms. The SMILES string of the molecule is Cc1[c]c(F)cc(F)c1F. The summed E-state index contributed by atoms with van der Waals surface area (Å²) in [6, 6.07) is 2.46. The third-order valence-electron chi connectivity index (χ3n) is 1.10. The molecular weight excluding hydrogens is 141 g/mol. The molecule has 0 atom stereocenters. The number of halogens is 3. The Morgan fingerprint density at radius 2 is 1.90 bits per heavy atom. The highest BCUT2D eigenvalue weighted by Gasteiger charge is 2.06. The van der Waals surface area contributed by atoms with E-state index >= 15 is 0 Å². The van der Waals surface area contributed by atoms with Crippen molar-refractivity contribution in [1.29, 1.82) is 0 Å². The second-order valence-electron chi connectivity index (χ2n) is 1.90. The molecule has 1 aromatic carbocycles. The molecule has 0 aromatic heterocycles. The molecule has 0 aliphatic heterocycles. The van der Waals surface area contributed by atoms with Crippen LogP contribution in [0.4, 0.5) is 13.2 Å². The van der Waals surface area contributed by atoms with Gasteiger partial charge in [-0.25, -0.2) is 13.2 Å². The van der Waals surface area contributed by atoms with Gasteiger partial charge in [0, 0.05) is 12.1 Å². The summed E-state index contributed by atoms with van der Waals surface area (Å²) in [5.74, 6) is -3.09. The second-order valence-corrected chi connectivity index (χ2v) is 1.90. The van der Waals surface area contributed by atoms with E-state index in [1.54, 1.807) is 0 Å². The van der Waals surface area contributed by atoms with Crippen LogP contribution in [-0.2, 0) is 0 Å². The van der Waals surface area contributed by atoms with Crippen LogP contribution in [0.2, 0.25) is 0 Å². The summed E-state index contributed by atoms with van der Waals surface area (Å²) in [6.07, 6.45) is 0. The van der Waals surface area contributed by atoms with Crippen molar-refractivity contribution in [2.45, 2.75) is 6.92 Å². The Hall–Kier alpha value is -0.990. The quantitative estimate of drug-likeness (QED) is 0.491. The topological polar surface area (TPSA) is 0 Å². The fourth-order valence-corrected chi connectivity index (χ4v) is 0.624. The molecule has 0 aliphatic carbocycles. The van der Waals surface area contributed by atoms with Crippen LogP contribution in [0, 0.1) is 30.4 Å². The molecule has 0 amide bonds. The van der Waals surface area contributed by atoms with E-state index in [1.165, 1.54) is 6.92 Å². The standard InChI is InChI=1S/C7H4F3/c1-4-2-5(8)3-6(9)7(4)10/h3H,1H3. The number of rotatable bonds is 0. The highest BCUT2D eigenvalue weighted by molar-refractivity contribution is 5.16. The summed E-state index contributed by atoms with van der Waals surface area (Å²) in [5.41, 5.74) is -0.141. The number of aryl methyl sites for hydroxylation is 1. The summed E-state index contributed by atoms with van der Waals surface area (Å²) >= 11 is 0. The van der Waals surface area contributed by atoms with Crippen LogP contribution in [0.15, 0.2) is 6.07 Å². The Bertz CT molecular complexity index is 232. The van der Waals surface area contributed by atoms with Gasteiger partial charge in [-0.1, -0.05) is 0 Å². The molecule has 53 valence electrons. The van der Waals surface area contributed by atoms with E-state index in [-0.39, 0.29) is 5.56 Å². The molecule has 0 fully saturated rings. The molecule has 0 bridgehead atoms. The predicted octanol–water partition coefficient (Wildman–Crippen LogP) is 2.21. The Morgan fingerprint density at radius 1 is 1.30 bits per heavy atom. The summed E-state index contributed by atoms with van der Waals surface area (Å²) < 4.78 is 36.7. The molecule has 1 aromatic rings. The number of benzene rings is 1. The summed E-state index contributed by atoms with van der Waals surface area (Å²) in [7, 11) is 0. The molecule has 0 heterocycles. The van der Waals surface area contributed by atoms with Crippen molar-refractivity contribution in [3.8, 4) is 0 Å². The summed E-state index contributed by atoms with van der Waals surface area (Å²) in [5, 5.41) is 0. The molecule has 0 unspecified atom stereocenters. The zero-order valence-corrected chi connectivity index (χ0v) is 5.21. The van der Waals surface area contributed by atoms with E-state index in [4.69, 9.17) is 0 Å². The molecule has 0 aliphatic rings. The van der Waals surface area contributed by atoms with Gasteiger partial charge >= 0.3 is 0 Å². The molecule has 3 heteroatoms. The van der Waals surface area contributed by atoms with E-state index in [9.17, 15) is 13.2 Å². The van der Waals surface area contributed by atoms with Crippen LogP contribution in [0.5, 0.6) is 0 Å². The molecule has 0 nitrogen and oxygen atoms in total. The fraction of sp³-hybridized carbons (Fsp3) is 0.143. The van der Waals surface area contributed by atoms with Gasteiger partial charge in [0.1, 0.15) is 5.82 Å². The molecule has 1 radical (unpaired) electrons. The average molecular weight is 145 g/mol. The number of hydrogen-bond donors (Lipinski definition) is 0. The van der Waals surface area contributed by atoms with Crippen molar-refractivity contribution in [3.63, 3.8) is 0 Å². The smallest absolute Gasteiger partial charge is 0.162 e. The maximum absolute atomic E-state index is 12.3. The Labute approximate surface area is 56.3 Å². The van der Waals surface area contributed by atoms with Crippen LogP contribution in [-0.4, -0.2) is 0 Å². The zero-order valence-electron chi connectivity index (χ0n) is 5.21. The Kier molecular flexibility index (Phi) is 1.66. The third-order valence-corrected chi connectivity index (χ3v) is 1.10. The van der Waals surface area contributed by atoms with Gasteiger partial charge < -0.3 is 0 Å². The maximum atomic E-state index is 12.3. The van der Waals surface area contributed by atoms with Gasteiger partial charge in [0.15, 0.2) is 11.6 Å². The van der Waals surface area contributed by atoms with Crippen LogP contribution in [0.25, 0.3) is 0 Å². The highest BCUT2D eigenvalue weighted by atomic mass is 19.2. The normalized spacial score (nSPS) is 10.0. The van der Waals surface area contributed by atoms with Crippen LogP contribution in [0.1, 0.15) is 5.56 Å². The second kappa shape index (κ2) is 2.33. The van der Waals surface area contributed by atoms with Gasteiger partial charge in [-0.15, -0.1) is 0 Å². The van der Waals surface area contributed by atoms with Crippen LogP contribution in [0.3, 0.4) is 0 Å². The fourth-order valence-electron chi connectivity index (χ4n) is 0.624. The third kappa shape index (κ3) is 1.12. The van der Waals surface area contributed by atoms with Gasteiger partial charge in [-0.3, -0.25) is 0 Å². The summed E-state index contributed by atoms with van der Waals surface area (Å²) in [6.45, 7) is 1.25. The van der Waals surface area contributed by atoms with E-state index in [2.05, 4.69) is 0 Å². The first-order valence-corrected chi connectivity index (χ1v) is 2.64. The monoisotopic (exact) mass is 145 g/mol. The molecule has 0 saturated heterocycles. The Morgan fingerprint density at radius 3 is 2.40 bits per heavy atom. The van der Waals surface area contributed by atoms with E-state index in [1.807, 2.05) is 6.07 Å². The lowest BCUT2D eigenvalue weighted by molar-refractivity contribution is 0.488. The molecule has 0 saturated carbocycles. The van der Waals surface area contributed by atoms with Gasteiger partial charge in [0.05, 0.1) is 0 Å². The lowest BCUT2D eigenvalue weighted by atomic mass is 10.2. The van der Waals surface area contributed by atoms with Crippen molar-refractivity contribution >= 4 is 0 Å². The first-order valence-electron chi connectivity index (χ1n) is 2.64. The lowest BCUT2D eigenvalue weighted by Crippen LogP contribution is -1.90. The van der Waals surface area contributed by atoms with Gasteiger partial charge in [0.25, 0.3) is 0 Å². The van der Waals surface area contributed by atoms with Crippen molar-refractivity contribution in [3.05, 3.63) is 35.1 Å². The predicted molar refractivity (Wildman–Crippen MR) is 29.9 cm³/mol. The molecular formula is C7H4F3. The van der Waals surface area contributed by atoms with Crippen molar-refractivity contribution in [2.24, 2.45) is 0 Å². The maximum Gasteiger partial charge on any atom is 0.162 e. The summed E-state index contributed by atoms with van der Waals surface area (Å²) in [4.78, 5) is 0. The molecule has 0 N–H and O–H groups in total. The minimum atomic E-state index is -1.17. The van der Waals surface area contributed by atoms with Crippen LogP contribution < -0.4 is 0 Å². The lowest BCUT2D eigenvalue weighted by Gasteiger charge is -1.95. The first-order chi connectivity index (χ1) is 4.61. The number of hydrogen-bond acceptors (Lipinski definition) is 0. The molecule has 0 spiro atoms. The van der Waals surface area contributed by atoms with E-state index in [0.717, 1.165) is 0 Å². The van der Waals surface area contributed by atoms with Crippen molar-refractivity contribution in [1.82, 2.24) is 0 Å². The average Bonchev–Trinajstić information content (AvgIpc) is 1.82. The van der Waals surface area contributed by atoms with Crippen molar-refractivity contribution in [2.75, 3.05) is 0 Å². The minimum Gasteiger partial charge on any atom is -0.206 e.